The van der Waals surface area contributed by atoms with Crippen LogP contribution in [0.2, 0.25) is 0 Å². The van der Waals surface area contributed by atoms with E-state index >= 15 is 0 Å². The second-order valence-electron chi connectivity index (χ2n) is 12.4. The van der Waals surface area contributed by atoms with Crippen LogP contribution in [0.5, 0.6) is 5.75 Å². The molecule has 8 nitrogen and oxygen atoms in total. The first-order valence-electron chi connectivity index (χ1n) is 14.7. The number of thiazole rings is 1. The first kappa shape index (κ1) is 29.1. The first-order chi connectivity index (χ1) is 20.1. The molecule has 4 atom stereocenters. The molecule has 2 bridgehead atoms. The van der Waals surface area contributed by atoms with Crippen LogP contribution >= 0.6 is 11.3 Å². The molecule has 0 spiro atoms. The van der Waals surface area contributed by atoms with Gasteiger partial charge in [0.15, 0.2) is 15.0 Å². The van der Waals surface area contributed by atoms with E-state index in [9.17, 15) is 18.3 Å². The third-order valence-corrected chi connectivity index (χ3v) is 12.0. The number of aromatic nitrogens is 1. The zero-order valence-electron chi connectivity index (χ0n) is 24.5. The second kappa shape index (κ2) is 11.6. The summed E-state index contributed by atoms with van der Waals surface area (Å²) in [5, 5.41) is 12.7. The highest BCUT2D eigenvalue weighted by molar-refractivity contribution is 7.91. The Morgan fingerprint density at radius 3 is 2.55 bits per heavy atom. The lowest BCUT2D eigenvalue weighted by atomic mass is 9.85. The van der Waals surface area contributed by atoms with Crippen LogP contribution in [0.15, 0.2) is 41.8 Å². The minimum atomic E-state index is -2.90. The molecule has 3 fully saturated rings. The Bertz CT molecular complexity index is 1570. The molecular formula is C32H39N3O5S2. The molecule has 2 aromatic carbocycles. The van der Waals surface area contributed by atoms with Gasteiger partial charge in [-0.25, -0.2) is 13.4 Å². The van der Waals surface area contributed by atoms with Gasteiger partial charge in [-0.15, -0.1) is 11.3 Å². The standard InChI is InChI=1S/C32H39N3O5S2/c1-20-4-9-29(40-17-25-6-5-22(13-21(25)2)14-34(3)26-10-11-42(38,39)19-26)27(12-20)28-18-41-32(33-28)35-15-23-7-8-24(16-35)30(23)31(36)37/h4-6,9,12-13,18,23-24,26,30H,7-8,10-11,14-17,19H2,1-3H3,(H,36,37)/t23-,24+,26-,30+/m1/s1. The van der Waals surface area contributed by atoms with E-state index < -0.39 is 15.8 Å². The summed E-state index contributed by atoms with van der Waals surface area (Å²) in [6, 6.07) is 12.6. The van der Waals surface area contributed by atoms with Crippen molar-refractivity contribution in [2.75, 3.05) is 36.5 Å². The maximum Gasteiger partial charge on any atom is 0.307 e. The van der Waals surface area contributed by atoms with Gasteiger partial charge in [-0.05, 0) is 80.8 Å². The number of hydrogen-bond acceptors (Lipinski definition) is 8. The van der Waals surface area contributed by atoms with Gasteiger partial charge in [0.05, 0.1) is 23.1 Å². The van der Waals surface area contributed by atoms with Crippen molar-refractivity contribution in [2.24, 2.45) is 17.8 Å². The fourth-order valence-electron chi connectivity index (χ4n) is 7.00. The number of piperidine rings is 1. The zero-order valence-corrected chi connectivity index (χ0v) is 26.1. The van der Waals surface area contributed by atoms with Gasteiger partial charge in [-0.1, -0.05) is 29.8 Å². The highest BCUT2D eigenvalue weighted by Crippen LogP contribution is 2.44. The molecular weight excluding hydrogens is 571 g/mol. The van der Waals surface area contributed by atoms with Gasteiger partial charge in [0.1, 0.15) is 12.4 Å². The number of rotatable bonds is 9. The summed E-state index contributed by atoms with van der Waals surface area (Å²) in [6.07, 6.45) is 2.66. The van der Waals surface area contributed by atoms with Gasteiger partial charge in [0.2, 0.25) is 0 Å². The second-order valence-corrected chi connectivity index (χ2v) is 15.5. The van der Waals surface area contributed by atoms with Gasteiger partial charge >= 0.3 is 5.97 Å². The molecule has 0 amide bonds. The fourth-order valence-corrected chi connectivity index (χ4v) is 9.65. The fraction of sp³-hybridized carbons (Fsp3) is 0.500. The lowest BCUT2D eigenvalue weighted by Gasteiger charge is -2.35. The molecule has 1 aliphatic carbocycles. The van der Waals surface area contributed by atoms with Crippen molar-refractivity contribution in [1.82, 2.24) is 9.88 Å². The molecule has 10 heteroatoms. The van der Waals surface area contributed by atoms with Crippen LogP contribution in [-0.2, 0) is 27.8 Å². The molecule has 3 aromatic rings. The van der Waals surface area contributed by atoms with E-state index in [0.29, 0.717) is 19.6 Å². The first-order valence-corrected chi connectivity index (χ1v) is 17.4. The van der Waals surface area contributed by atoms with Crippen molar-refractivity contribution in [2.45, 2.75) is 52.3 Å². The number of sulfone groups is 1. The Morgan fingerprint density at radius 1 is 1.12 bits per heavy atom. The molecule has 3 aliphatic rings. The number of ether oxygens (including phenoxy) is 1. The van der Waals surface area contributed by atoms with Crippen molar-refractivity contribution in [3.8, 4) is 17.0 Å². The predicted molar refractivity (Wildman–Crippen MR) is 166 cm³/mol. The van der Waals surface area contributed by atoms with Crippen molar-refractivity contribution in [3.63, 3.8) is 0 Å². The van der Waals surface area contributed by atoms with Gasteiger partial charge in [0, 0.05) is 36.6 Å². The van der Waals surface area contributed by atoms with Crippen molar-refractivity contribution >= 4 is 32.3 Å². The average Bonchev–Trinajstić information content (AvgIpc) is 3.64. The maximum atomic E-state index is 11.9. The number of carboxylic acid groups (broad SMARTS) is 1. The molecule has 1 N–H and O–H groups in total. The Hall–Kier alpha value is -2.95. The maximum absolute atomic E-state index is 11.9. The molecule has 6 rings (SSSR count). The van der Waals surface area contributed by atoms with E-state index in [1.807, 2.05) is 13.1 Å². The van der Waals surface area contributed by atoms with Crippen LogP contribution in [0.1, 0.15) is 41.5 Å². The van der Waals surface area contributed by atoms with Crippen LogP contribution in [0, 0.1) is 31.6 Å². The van der Waals surface area contributed by atoms with Crippen molar-refractivity contribution in [1.29, 1.82) is 0 Å². The SMILES string of the molecule is Cc1ccc(OCc2ccc(CN(C)[C@@H]3CCS(=O)(=O)C3)cc2C)c(-c2csc(N3C[C@H]4CC[C@@H](C3)[C@H]4C(=O)O)n2)c1. The molecule has 224 valence electrons. The number of fused-ring (bicyclic) bond motifs is 2. The largest absolute Gasteiger partial charge is 0.488 e. The van der Waals surface area contributed by atoms with Gasteiger partial charge < -0.3 is 14.7 Å². The summed E-state index contributed by atoms with van der Waals surface area (Å²) < 4.78 is 30.2. The van der Waals surface area contributed by atoms with E-state index in [0.717, 1.165) is 70.3 Å². The summed E-state index contributed by atoms with van der Waals surface area (Å²) >= 11 is 1.61. The molecule has 42 heavy (non-hydrogen) atoms. The summed E-state index contributed by atoms with van der Waals surface area (Å²) in [4.78, 5) is 21.2. The Morgan fingerprint density at radius 2 is 1.88 bits per heavy atom. The summed E-state index contributed by atoms with van der Waals surface area (Å²) in [5.41, 5.74) is 6.38. The Balaban J connectivity index is 1.13. The molecule has 3 heterocycles. The summed E-state index contributed by atoms with van der Waals surface area (Å²) in [5.74, 6) is 0.836. The number of hydrogen-bond donors (Lipinski definition) is 1. The quantitative estimate of drug-likeness (QED) is 0.355. The number of aliphatic carboxylic acids is 1. The molecule has 0 unspecified atom stereocenters. The van der Waals surface area contributed by atoms with Crippen molar-refractivity contribution < 1.29 is 23.1 Å². The summed E-state index contributed by atoms with van der Waals surface area (Å²) in [6.45, 7) is 6.81. The highest BCUT2D eigenvalue weighted by atomic mass is 32.2. The van der Waals surface area contributed by atoms with E-state index in [1.54, 1.807) is 11.3 Å². The highest BCUT2D eigenvalue weighted by Gasteiger charge is 2.46. The Labute approximate surface area is 252 Å². The smallest absolute Gasteiger partial charge is 0.307 e. The van der Waals surface area contributed by atoms with Crippen LogP contribution in [0.25, 0.3) is 11.3 Å². The third-order valence-electron chi connectivity index (χ3n) is 9.35. The van der Waals surface area contributed by atoms with Crippen LogP contribution in [0.4, 0.5) is 5.13 Å². The van der Waals surface area contributed by atoms with Crippen LogP contribution in [-0.4, -0.2) is 67.1 Å². The van der Waals surface area contributed by atoms with E-state index in [1.165, 1.54) is 0 Å². The number of aryl methyl sites for hydroxylation is 2. The lowest BCUT2D eigenvalue weighted by molar-refractivity contribution is -0.144. The van der Waals surface area contributed by atoms with Crippen LogP contribution in [0.3, 0.4) is 0 Å². The number of carbonyl (C=O) groups is 1. The molecule has 1 saturated carbocycles. The number of nitrogens with zero attached hydrogens (tertiary/aromatic N) is 3. The van der Waals surface area contributed by atoms with Gasteiger partial charge in [0.25, 0.3) is 0 Å². The summed E-state index contributed by atoms with van der Waals surface area (Å²) in [7, 11) is -0.900. The minimum absolute atomic E-state index is 0.0798. The number of benzene rings is 2. The van der Waals surface area contributed by atoms with Crippen molar-refractivity contribution in [3.05, 3.63) is 64.0 Å². The molecule has 0 radical (unpaired) electrons. The topological polar surface area (TPSA) is 100 Å². The number of anilines is 1. The molecule has 1 aromatic heterocycles. The molecule has 2 aliphatic heterocycles. The number of carboxylic acids is 1. The van der Waals surface area contributed by atoms with E-state index in [-0.39, 0.29) is 35.3 Å². The predicted octanol–water partition coefficient (Wildman–Crippen LogP) is 5.17. The lowest BCUT2D eigenvalue weighted by Crippen LogP contribution is -2.44. The monoisotopic (exact) mass is 609 g/mol. The zero-order chi connectivity index (χ0) is 29.6. The van der Waals surface area contributed by atoms with Gasteiger partial charge in [-0.3, -0.25) is 9.69 Å². The molecule has 2 saturated heterocycles. The average molecular weight is 610 g/mol. The normalized spacial score (nSPS) is 24.8. The minimum Gasteiger partial charge on any atom is -0.488 e. The van der Waals surface area contributed by atoms with E-state index in [4.69, 9.17) is 9.72 Å². The van der Waals surface area contributed by atoms with Gasteiger partial charge in [-0.2, -0.15) is 0 Å². The third kappa shape index (κ3) is 6.07. The van der Waals surface area contributed by atoms with E-state index in [2.05, 4.69) is 59.4 Å². The van der Waals surface area contributed by atoms with Crippen LogP contribution < -0.4 is 9.64 Å². The Kier molecular flexibility index (Phi) is 8.06.